The molecule has 2 rings (SSSR count). The van der Waals surface area contributed by atoms with E-state index in [0.717, 1.165) is 12.8 Å². The molecular weight excluding hydrogens is 228 g/mol. The third-order valence-corrected chi connectivity index (χ3v) is 2.85. The summed E-state index contributed by atoms with van der Waals surface area (Å²) in [4.78, 5) is 11.8. The molecule has 1 aliphatic carbocycles. The fourth-order valence-electron chi connectivity index (χ4n) is 1.63. The van der Waals surface area contributed by atoms with Crippen LogP contribution in [-0.2, 0) is 4.79 Å². The fourth-order valence-corrected chi connectivity index (χ4v) is 1.63. The molecule has 1 atom stereocenters. The molecule has 0 saturated heterocycles. The zero-order chi connectivity index (χ0) is 13.1. The third kappa shape index (κ3) is 2.92. The second-order valence-electron chi connectivity index (χ2n) is 4.57. The van der Waals surface area contributed by atoms with Crippen LogP contribution in [0.5, 0.6) is 0 Å². The number of nitrogen functional groups attached to an aromatic ring is 1. The highest BCUT2D eigenvalue weighted by molar-refractivity contribution is 5.85. The summed E-state index contributed by atoms with van der Waals surface area (Å²) in [5, 5.41) is 14.9. The van der Waals surface area contributed by atoms with Gasteiger partial charge in [-0.1, -0.05) is 0 Å². The molecule has 1 aromatic carbocycles. The Kier molecular flexibility index (Phi) is 3.38. The van der Waals surface area contributed by atoms with Gasteiger partial charge in [0.05, 0.1) is 11.3 Å². The van der Waals surface area contributed by atoms with E-state index in [2.05, 4.69) is 16.7 Å². The number of rotatable bonds is 4. The summed E-state index contributed by atoms with van der Waals surface area (Å²) in [5.41, 5.74) is 7.22. The lowest BCUT2D eigenvalue weighted by molar-refractivity contribution is -0.121. The summed E-state index contributed by atoms with van der Waals surface area (Å²) in [6, 6.07) is 7.03. The molecule has 0 bridgehead atoms. The van der Waals surface area contributed by atoms with Crippen molar-refractivity contribution in [3.8, 4) is 6.07 Å². The quantitative estimate of drug-likeness (QED) is 0.694. The molecule has 5 nitrogen and oxygen atoms in total. The summed E-state index contributed by atoms with van der Waals surface area (Å²) in [6.07, 6.45) is 2.12. The van der Waals surface area contributed by atoms with Crippen molar-refractivity contribution in [1.82, 2.24) is 5.32 Å². The molecular formula is C13H16N4O. The monoisotopic (exact) mass is 244 g/mol. The highest BCUT2D eigenvalue weighted by Gasteiger charge is 2.25. The molecule has 94 valence electrons. The highest BCUT2D eigenvalue weighted by Crippen LogP contribution is 2.20. The predicted molar refractivity (Wildman–Crippen MR) is 69.8 cm³/mol. The van der Waals surface area contributed by atoms with Gasteiger partial charge in [0.25, 0.3) is 0 Å². The number of amides is 1. The average Bonchev–Trinajstić information content (AvgIpc) is 3.15. The van der Waals surface area contributed by atoms with Gasteiger partial charge in [-0.3, -0.25) is 4.79 Å². The molecule has 18 heavy (non-hydrogen) atoms. The predicted octanol–water partition coefficient (Wildman–Crippen LogP) is 1.22. The van der Waals surface area contributed by atoms with E-state index in [1.807, 2.05) is 0 Å². The maximum Gasteiger partial charge on any atom is 0.242 e. The van der Waals surface area contributed by atoms with Crippen LogP contribution in [0.2, 0.25) is 0 Å². The van der Waals surface area contributed by atoms with E-state index < -0.39 is 0 Å². The first-order chi connectivity index (χ1) is 8.60. The van der Waals surface area contributed by atoms with Crippen LogP contribution < -0.4 is 16.4 Å². The molecule has 5 heteroatoms. The fraction of sp³-hybridized carbons (Fsp3) is 0.385. The van der Waals surface area contributed by atoms with Crippen LogP contribution in [0.1, 0.15) is 25.3 Å². The number of hydrogen-bond donors (Lipinski definition) is 3. The Bertz CT molecular complexity index is 502. The molecule has 0 aliphatic heterocycles. The second kappa shape index (κ2) is 4.96. The van der Waals surface area contributed by atoms with Crippen molar-refractivity contribution in [2.24, 2.45) is 0 Å². The number of nitrogens with zero attached hydrogens (tertiary/aromatic N) is 1. The Morgan fingerprint density at radius 3 is 2.89 bits per heavy atom. The first-order valence-electron chi connectivity index (χ1n) is 5.96. The Morgan fingerprint density at radius 2 is 2.28 bits per heavy atom. The first-order valence-corrected chi connectivity index (χ1v) is 5.96. The Labute approximate surface area is 106 Å². The standard InChI is InChI=1S/C13H16N4O/c1-8(13(18)17-11-3-4-11)16-12-5-2-10(15)6-9(12)7-14/h2,5-6,8,11,16H,3-4,15H2,1H3,(H,17,18). The number of nitrogens with one attached hydrogen (secondary N) is 2. The first kappa shape index (κ1) is 12.2. The van der Waals surface area contributed by atoms with Crippen LogP contribution in [0.25, 0.3) is 0 Å². The molecule has 4 N–H and O–H groups in total. The molecule has 1 unspecified atom stereocenters. The summed E-state index contributed by atoms with van der Waals surface area (Å²) in [7, 11) is 0. The van der Waals surface area contributed by atoms with Gasteiger partial charge in [0, 0.05) is 11.7 Å². The number of nitrogens with two attached hydrogens (primary N) is 1. The number of carbonyl (C=O) groups excluding carboxylic acids is 1. The molecule has 1 aromatic rings. The van der Waals surface area contributed by atoms with Crippen molar-refractivity contribution in [2.45, 2.75) is 31.8 Å². The van der Waals surface area contributed by atoms with Gasteiger partial charge in [0.1, 0.15) is 12.1 Å². The SMILES string of the molecule is CC(Nc1ccc(N)cc1C#N)C(=O)NC1CC1. The lowest BCUT2D eigenvalue weighted by atomic mass is 10.1. The maximum atomic E-state index is 11.8. The minimum Gasteiger partial charge on any atom is -0.399 e. The van der Waals surface area contributed by atoms with Crippen molar-refractivity contribution in [2.75, 3.05) is 11.1 Å². The maximum absolute atomic E-state index is 11.8. The summed E-state index contributed by atoms with van der Waals surface area (Å²) < 4.78 is 0. The number of anilines is 2. The van der Waals surface area contributed by atoms with E-state index in [1.54, 1.807) is 25.1 Å². The molecule has 0 aromatic heterocycles. The molecule has 1 aliphatic rings. The number of nitriles is 1. The largest absolute Gasteiger partial charge is 0.399 e. The Balaban J connectivity index is 2.03. The zero-order valence-corrected chi connectivity index (χ0v) is 10.2. The highest BCUT2D eigenvalue weighted by atomic mass is 16.2. The van der Waals surface area contributed by atoms with E-state index in [9.17, 15) is 4.79 Å². The topological polar surface area (TPSA) is 90.9 Å². The number of hydrogen-bond acceptors (Lipinski definition) is 4. The van der Waals surface area contributed by atoms with E-state index >= 15 is 0 Å². The minimum absolute atomic E-state index is 0.0433. The third-order valence-electron chi connectivity index (χ3n) is 2.85. The van der Waals surface area contributed by atoms with Gasteiger partial charge in [-0.2, -0.15) is 5.26 Å². The van der Waals surface area contributed by atoms with Gasteiger partial charge in [0.15, 0.2) is 0 Å². The second-order valence-corrected chi connectivity index (χ2v) is 4.57. The molecule has 1 saturated carbocycles. The van der Waals surface area contributed by atoms with E-state index in [4.69, 9.17) is 11.0 Å². The van der Waals surface area contributed by atoms with Crippen molar-refractivity contribution >= 4 is 17.3 Å². The van der Waals surface area contributed by atoms with E-state index in [0.29, 0.717) is 23.0 Å². The number of carbonyl (C=O) groups is 1. The molecule has 0 spiro atoms. The van der Waals surface area contributed by atoms with Gasteiger partial charge in [-0.15, -0.1) is 0 Å². The van der Waals surface area contributed by atoms with Crippen molar-refractivity contribution in [3.05, 3.63) is 23.8 Å². The van der Waals surface area contributed by atoms with Gasteiger partial charge in [-0.25, -0.2) is 0 Å². The smallest absolute Gasteiger partial charge is 0.242 e. The minimum atomic E-state index is -0.374. The normalized spacial score (nSPS) is 15.6. The lowest BCUT2D eigenvalue weighted by Gasteiger charge is -2.16. The van der Waals surface area contributed by atoms with Crippen LogP contribution in [-0.4, -0.2) is 18.0 Å². The van der Waals surface area contributed by atoms with Crippen molar-refractivity contribution < 1.29 is 4.79 Å². The summed E-state index contributed by atoms with van der Waals surface area (Å²) in [6.45, 7) is 1.77. The number of benzene rings is 1. The van der Waals surface area contributed by atoms with Crippen molar-refractivity contribution in [3.63, 3.8) is 0 Å². The van der Waals surface area contributed by atoms with Crippen LogP contribution in [0.15, 0.2) is 18.2 Å². The van der Waals surface area contributed by atoms with Crippen molar-refractivity contribution in [1.29, 1.82) is 5.26 Å². The molecule has 0 heterocycles. The summed E-state index contributed by atoms with van der Waals surface area (Å²) >= 11 is 0. The van der Waals surface area contributed by atoms with Gasteiger partial charge in [0.2, 0.25) is 5.91 Å². The summed E-state index contributed by atoms with van der Waals surface area (Å²) in [5.74, 6) is -0.0433. The van der Waals surface area contributed by atoms with Crippen LogP contribution in [0, 0.1) is 11.3 Å². The van der Waals surface area contributed by atoms with E-state index in [1.165, 1.54) is 0 Å². The Hall–Kier alpha value is -2.22. The van der Waals surface area contributed by atoms with Crippen LogP contribution >= 0.6 is 0 Å². The average molecular weight is 244 g/mol. The van der Waals surface area contributed by atoms with Crippen LogP contribution in [0.4, 0.5) is 11.4 Å². The molecule has 0 radical (unpaired) electrons. The van der Waals surface area contributed by atoms with Gasteiger partial charge >= 0.3 is 0 Å². The lowest BCUT2D eigenvalue weighted by Crippen LogP contribution is -2.38. The van der Waals surface area contributed by atoms with E-state index in [-0.39, 0.29) is 11.9 Å². The molecule has 1 amide bonds. The van der Waals surface area contributed by atoms with Gasteiger partial charge < -0.3 is 16.4 Å². The Morgan fingerprint density at radius 1 is 1.56 bits per heavy atom. The van der Waals surface area contributed by atoms with Crippen LogP contribution in [0.3, 0.4) is 0 Å². The molecule has 1 fully saturated rings. The zero-order valence-electron chi connectivity index (χ0n) is 10.2. The van der Waals surface area contributed by atoms with Gasteiger partial charge in [-0.05, 0) is 38.0 Å².